The molecular weight excluding hydrogens is 256 g/mol. The minimum absolute atomic E-state index is 0.0881. The summed E-state index contributed by atoms with van der Waals surface area (Å²) in [5.74, 6) is -0.238. The maximum Gasteiger partial charge on any atom is 0.331 e. The molecule has 1 fully saturated rings. The molecule has 0 N–H and O–H groups in total. The van der Waals surface area contributed by atoms with Crippen LogP contribution < -0.4 is 4.90 Å². The number of anilines is 1. The number of benzene rings is 1. The van der Waals surface area contributed by atoms with Crippen LogP contribution in [0.5, 0.6) is 0 Å². The summed E-state index contributed by atoms with van der Waals surface area (Å²) < 4.78 is 4.90. The van der Waals surface area contributed by atoms with E-state index in [1.807, 2.05) is 0 Å². The highest BCUT2D eigenvalue weighted by Gasteiger charge is 2.36. The standard InChI is InChI=1S/C12H13ClN2O3/c1-18-7-6-14-8-11(16)15(12(14)17)10-4-2-9(13)3-5-10/h2-5H,6-8H2,1H3. The molecule has 1 aromatic rings. The minimum atomic E-state index is -0.320. The second-order valence-corrected chi connectivity index (χ2v) is 4.34. The van der Waals surface area contributed by atoms with E-state index >= 15 is 0 Å². The number of nitrogens with zero attached hydrogens (tertiary/aromatic N) is 2. The first kappa shape index (κ1) is 12.9. The van der Waals surface area contributed by atoms with Crippen LogP contribution in [-0.2, 0) is 9.53 Å². The van der Waals surface area contributed by atoms with E-state index in [2.05, 4.69) is 0 Å². The molecule has 3 amide bonds. The number of ether oxygens (including phenoxy) is 1. The van der Waals surface area contributed by atoms with Crippen molar-refractivity contribution in [1.82, 2.24) is 4.90 Å². The minimum Gasteiger partial charge on any atom is -0.383 e. The lowest BCUT2D eigenvalue weighted by molar-refractivity contribution is -0.116. The van der Waals surface area contributed by atoms with Crippen molar-refractivity contribution >= 4 is 29.2 Å². The largest absolute Gasteiger partial charge is 0.383 e. The molecule has 0 spiro atoms. The number of hydrogen-bond donors (Lipinski definition) is 0. The molecule has 1 saturated heterocycles. The highest BCUT2D eigenvalue weighted by atomic mass is 35.5. The fourth-order valence-corrected chi connectivity index (χ4v) is 1.90. The van der Waals surface area contributed by atoms with Crippen LogP contribution in [-0.4, -0.2) is 43.6 Å². The van der Waals surface area contributed by atoms with Crippen molar-refractivity contribution in [1.29, 1.82) is 0 Å². The zero-order chi connectivity index (χ0) is 13.1. The van der Waals surface area contributed by atoms with Gasteiger partial charge in [0.1, 0.15) is 6.54 Å². The molecule has 0 bridgehead atoms. The molecule has 0 unspecified atom stereocenters. The van der Waals surface area contributed by atoms with Crippen LogP contribution in [0.3, 0.4) is 0 Å². The van der Waals surface area contributed by atoms with Gasteiger partial charge in [-0.1, -0.05) is 11.6 Å². The van der Waals surface area contributed by atoms with Gasteiger partial charge in [-0.15, -0.1) is 0 Å². The Kier molecular flexibility index (Phi) is 3.84. The number of amides is 3. The van der Waals surface area contributed by atoms with E-state index in [-0.39, 0.29) is 18.5 Å². The molecule has 0 saturated carbocycles. The monoisotopic (exact) mass is 268 g/mol. The summed E-state index contributed by atoms with van der Waals surface area (Å²) in [7, 11) is 1.55. The van der Waals surface area contributed by atoms with Gasteiger partial charge in [-0.2, -0.15) is 0 Å². The fourth-order valence-electron chi connectivity index (χ4n) is 1.77. The molecule has 96 valence electrons. The maximum atomic E-state index is 12.0. The molecule has 0 radical (unpaired) electrons. The van der Waals surface area contributed by atoms with E-state index in [1.165, 1.54) is 4.90 Å². The first-order chi connectivity index (χ1) is 8.63. The molecular formula is C12H13ClN2O3. The lowest BCUT2D eigenvalue weighted by Crippen LogP contribution is -2.34. The average molecular weight is 269 g/mol. The summed E-state index contributed by atoms with van der Waals surface area (Å²) in [5.41, 5.74) is 0.536. The number of imide groups is 1. The van der Waals surface area contributed by atoms with E-state index in [9.17, 15) is 9.59 Å². The Bertz CT molecular complexity index is 461. The van der Waals surface area contributed by atoms with Gasteiger partial charge in [0.15, 0.2) is 0 Å². The van der Waals surface area contributed by atoms with Crippen molar-refractivity contribution in [2.45, 2.75) is 0 Å². The van der Waals surface area contributed by atoms with Crippen LogP contribution in [0, 0.1) is 0 Å². The average Bonchev–Trinajstić information content (AvgIpc) is 2.63. The van der Waals surface area contributed by atoms with Crippen molar-refractivity contribution in [2.75, 3.05) is 31.7 Å². The Labute approximate surface area is 110 Å². The fraction of sp³-hybridized carbons (Fsp3) is 0.333. The van der Waals surface area contributed by atoms with Gasteiger partial charge in [-0.25, -0.2) is 9.69 Å². The van der Waals surface area contributed by atoms with E-state index in [1.54, 1.807) is 31.4 Å². The molecule has 1 aromatic carbocycles. The first-order valence-electron chi connectivity index (χ1n) is 5.50. The second kappa shape index (κ2) is 5.37. The number of carbonyl (C=O) groups excluding carboxylic acids is 2. The SMILES string of the molecule is COCCN1CC(=O)N(c2ccc(Cl)cc2)C1=O. The predicted octanol–water partition coefficient (Wildman–Crippen LogP) is 1.75. The number of rotatable bonds is 4. The van der Waals surface area contributed by atoms with E-state index in [0.717, 1.165) is 4.90 Å². The molecule has 0 aromatic heterocycles. The van der Waals surface area contributed by atoms with Crippen molar-refractivity contribution in [3.63, 3.8) is 0 Å². The zero-order valence-electron chi connectivity index (χ0n) is 9.93. The van der Waals surface area contributed by atoms with Gasteiger partial charge in [-0.05, 0) is 24.3 Å². The number of carbonyl (C=O) groups is 2. The highest BCUT2D eigenvalue weighted by Crippen LogP contribution is 2.22. The topological polar surface area (TPSA) is 49.9 Å². The molecule has 1 heterocycles. The lowest BCUT2D eigenvalue weighted by Gasteiger charge is -2.16. The number of urea groups is 1. The first-order valence-corrected chi connectivity index (χ1v) is 5.87. The molecule has 2 rings (SSSR count). The molecule has 6 heteroatoms. The number of halogens is 1. The van der Waals surface area contributed by atoms with Gasteiger partial charge < -0.3 is 9.64 Å². The van der Waals surface area contributed by atoms with Crippen molar-refractivity contribution < 1.29 is 14.3 Å². The molecule has 1 aliphatic rings. The van der Waals surface area contributed by atoms with Gasteiger partial charge in [0.05, 0.1) is 12.3 Å². The van der Waals surface area contributed by atoms with Gasteiger partial charge in [-0.3, -0.25) is 4.79 Å². The van der Waals surface area contributed by atoms with Crippen LogP contribution in [0.25, 0.3) is 0 Å². The van der Waals surface area contributed by atoms with Crippen molar-refractivity contribution in [3.05, 3.63) is 29.3 Å². The molecule has 5 nitrogen and oxygen atoms in total. The normalized spacial score (nSPS) is 15.7. The van der Waals surface area contributed by atoms with Gasteiger partial charge in [0.25, 0.3) is 5.91 Å². The summed E-state index contributed by atoms with van der Waals surface area (Å²) in [4.78, 5) is 26.5. The predicted molar refractivity (Wildman–Crippen MR) is 67.8 cm³/mol. The summed E-state index contributed by atoms with van der Waals surface area (Å²) in [6.07, 6.45) is 0. The Morgan fingerprint density at radius 2 is 1.94 bits per heavy atom. The Morgan fingerprint density at radius 1 is 1.28 bits per heavy atom. The smallest absolute Gasteiger partial charge is 0.331 e. The van der Waals surface area contributed by atoms with Crippen LogP contribution >= 0.6 is 11.6 Å². The van der Waals surface area contributed by atoms with Crippen LogP contribution in [0.15, 0.2) is 24.3 Å². The van der Waals surface area contributed by atoms with Gasteiger partial charge in [0.2, 0.25) is 0 Å². The third-order valence-electron chi connectivity index (χ3n) is 2.69. The summed E-state index contributed by atoms with van der Waals surface area (Å²) in [6, 6.07) is 6.28. The Hall–Kier alpha value is -1.59. The molecule has 1 aliphatic heterocycles. The zero-order valence-corrected chi connectivity index (χ0v) is 10.7. The van der Waals surface area contributed by atoms with Crippen LogP contribution in [0.4, 0.5) is 10.5 Å². The number of hydrogen-bond acceptors (Lipinski definition) is 3. The summed E-state index contributed by atoms with van der Waals surface area (Å²) >= 11 is 5.77. The van der Waals surface area contributed by atoms with Crippen LogP contribution in [0.2, 0.25) is 5.02 Å². The van der Waals surface area contributed by atoms with Crippen molar-refractivity contribution in [3.8, 4) is 0 Å². The van der Waals surface area contributed by atoms with Crippen LogP contribution in [0.1, 0.15) is 0 Å². The van der Waals surface area contributed by atoms with E-state index in [0.29, 0.717) is 23.9 Å². The van der Waals surface area contributed by atoms with Gasteiger partial charge in [0, 0.05) is 18.7 Å². The summed E-state index contributed by atoms with van der Waals surface area (Å²) in [6.45, 7) is 0.906. The van der Waals surface area contributed by atoms with E-state index in [4.69, 9.17) is 16.3 Å². The maximum absolute atomic E-state index is 12.0. The van der Waals surface area contributed by atoms with Crippen molar-refractivity contribution in [2.24, 2.45) is 0 Å². The third-order valence-corrected chi connectivity index (χ3v) is 2.94. The lowest BCUT2D eigenvalue weighted by atomic mass is 10.3. The third kappa shape index (κ3) is 2.47. The quantitative estimate of drug-likeness (QED) is 0.782. The number of methoxy groups -OCH3 is 1. The Morgan fingerprint density at radius 3 is 2.56 bits per heavy atom. The van der Waals surface area contributed by atoms with Gasteiger partial charge >= 0.3 is 6.03 Å². The second-order valence-electron chi connectivity index (χ2n) is 3.90. The van der Waals surface area contributed by atoms with E-state index < -0.39 is 0 Å². The molecule has 0 aliphatic carbocycles. The molecule has 18 heavy (non-hydrogen) atoms. The highest BCUT2D eigenvalue weighted by molar-refractivity contribution is 6.30. The molecule has 0 atom stereocenters. The Balaban J connectivity index is 2.16. The summed E-state index contributed by atoms with van der Waals surface area (Å²) in [5, 5.41) is 0.564.